The second-order valence-electron chi connectivity index (χ2n) is 17.0. The normalized spacial score (nSPS) is 15.4. The molecule has 0 aliphatic heterocycles. The summed E-state index contributed by atoms with van der Waals surface area (Å²) in [6.45, 7) is 1.95. The van der Waals surface area contributed by atoms with Crippen molar-refractivity contribution in [3.63, 3.8) is 0 Å². The van der Waals surface area contributed by atoms with Gasteiger partial charge in [0.2, 0.25) is 5.91 Å². The maximum Gasteiger partial charge on any atom is 0.415 e. The summed E-state index contributed by atoms with van der Waals surface area (Å²) in [5.74, 6) is -2.98. The minimum absolute atomic E-state index is 0.000562. The quantitative estimate of drug-likeness (QED) is 0.0579. The van der Waals surface area contributed by atoms with E-state index in [1.165, 1.54) is 4.90 Å². The first-order chi connectivity index (χ1) is 32.1. The molecule has 35 heteroatoms. The van der Waals surface area contributed by atoms with Gasteiger partial charge in [0.25, 0.3) is 5.56 Å². The molecule has 1 amide bonds. The van der Waals surface area contributed by atoms with E-state index in [1.807, 2.05) is 0 Å². The smallest absolute Gasteiger partial charge is 0.360 e. The predicted molar refractivity (Wildman–Crippen MR) is 298 cm³/mol. The fourth-order valence-corrected chi connectivity index (χ4v) is 9.68. The van der Waals surface area contributed by atoms with E-state index in [0.717, 1.165) is 4.57 Å². The highest BCUT2D eigenvalue weighted by Gasteiger charge is 2.57. The number of amides is 1. The van der Waals surface area contributed by atoms with E-state index in [0.29, 0.717) is 16.7 Å². The summed E-state index contributed by atoms with van der Waals surface area (Å²) in [7, 11) is 154. The van der Waals surface area contributed by atoms with Gasteiger partial charge < -0.3 is 14.4 Å². The molecular formula is C36H14B24F4N4O2S. The molecule has 0 N–H and O–H groups in total. The van der Waals surface area contributed by atoms with Crippen LogP contribution < -0.4 is 71.1 Å². The van der Waals surface area contributed by atoms with Gasteiger partial charge in [-0.25, -0.2) is 4.39 Å². The van der Waals surface area contributed by atoms with E-state index in [4.69, 9.17) is 188 Å². The highest BCUT2D eigenvalue weighted by molar-refractivity contribution is 7.98. The van der Waals surface area contributed by atoms with Gasteiger partial charge in [-0.15, -0.1) is 5.21 Å². The van der Waals surface area contributed by atoms with Crippen molar-refractivity contribution in [3.05, 3.63) is 44.1 Å². The number of carbonyl (C=O) groups excluding carboxylic acids is 1. The number of alkyl halides is 3. The molecule has 0 bridgehead atoms. The van der Waals surface area contributed by atoms with Crippen LogP contribution in [0, 0.1) is 5.82 Å². The van der Waals surface area contributed by atoms with Gasteiger partial charge in [-0.1, -0.05) is 113 Å². The highest BCUT2D eigenvalue weighted by atomic mass is 32.2. The van der Waals surface area contributed by atoms with Gasteiger partial charge >= 0.3 is 6.18 Å². The predicted octanol–water partition coefficient (Wildman–Crippen LogP) is -13.4. The summed E-state index contributed by atoms with van der Waals surface area (Å²) in [6, 6.07) is 0. The van der Waals surface area contributed by atoms with Crippen molar-refractivity contribution >= 4 is 272 Å². The first-order valence-corrected chi connectivity index (χ1v) is 21.4. The van der Waals surface area contributed by atoms with Crippen molar-refractivity contribution in [3.8, 4) is 11.1 Å². The average molecular weight is 902 g/mol. The van der Waals surface area contributed by atoms with E-state index in [-0.39, 0.29) is 29.6 Å². The average Bonchev–Trinajstić information content (AvgIpc) is 3.35. The Hall–Kier alpha value is -2.40. The van der Waals surface area contributed by atoms with Crippen LogP contribution in [0.5, 0.6) is 0 Å². The lowest BCUT2D eigenvalue weighted by atomic mass is 9.20. The van der Waals surface area contributed by atoms with Gasteiger partial charge in [0, 0.05) is 22.6 Å². The molecule has 1 aliphatic rings. The zero-order valence-corrected chi connectivity index (χ0v) is 39.0. The van der Waals surface area contributed by atoms with Gasteiger partial charge in [0.05, 0.1) is 94.2 Å². The zero-order chi connectivity index (χ0) is 54.8. The summed E-state index contributed by atoms with van der Waals surface area (Å²) >= 11 is 0.587. The first kappa shape index (κ1) is 59.5. The van der Waals surface area contributed by atoms with Gasteiger partial charge in [0.1, 0.15) is 107 Å². The number of hydrogen-bond donors (Lipinski definition) is 0. The molecule has 6 nitrogen and oxygen atoms in total. The third kappa shape index (κ3) is 9.02. The van der Waals surface area contributed by atoms with E-state index < -0.39 is 161 Å². The molecule has 4 aromatic rings. The van der Waals surface area contributed by atoms with Gasteiger partial charge in [-0.3, -0.25) is 9.59 Å². The SMILES string of the molecule is [B]c1c([B])c(CSc2nc(=O)c3c(n2CC(=O)N(C([B])([B])c2c([B])c([B])c(-c4c([B])c([B])c(C(F)(F)F)c([B])c4[B])c([B])c2[B])C([B])([B])C([B])([B])N(CC)CC)C([B])([B])C([B])([B])C3([B])[B])c([B])c([B])c1F. The standard InChI is InChI=1S/C36H14B24F4N4O2S/c1-3-66(4-2)35(57,58)36(59,60)68(32(53,54)11-20(43)16(39)9(17(40)21(11)44)10-18(41)22(45)12(33(62,63)64)23(46)19(10)42)8(69)5-67-27-13(30(49,50)34(55,56)31(27,51)52)28(70)65-29(67)71-6-7-14(37)24(47)26(61)25(48)15(7)38/h3-6H2,1-2H3. The second-order valence-corrected chi connectivity index (χ2v) is 18.0. The Labute approximate surface area is 448 Å². The Bertz CT molecular complexity index is 2860. The Kier molecular flexibility index (Phi) is 16.4. The third-order valence-electron chi connectivity index (χ3n) is 12.8. The highest BCUT2D eigenvalue weighted by Crippen LogP contribution is 2.57. The number of carbonyl (C=O) groups is 1. The summed E-state index contributed by atoms with van der Waals surface area (Å²) in [5, 5.41) is -17.1. The lowest BCUT2D eigenvalue weighted by molar-refractivity contribution is -0.137. The third-order valence-corrected chi connectivity index (χ3v) is 13.8. The molecule has 71 heavy (non-hydrogen) atoms. The molecule has 0 atom stereocenters. The van der Waals surface area contributed by atoms with Crippen LogP contribution in [0.1, 0.15) is 41.8 Å². The summed E-state index contributed by atoms with van der Waals surface area (Å²) in [4.78, 5) is 35.2. The monoisotopic (exact) mass is 906 g/mol. The number of hydrogen-bond acceptors (Lipinski definition) is 5. The van der Waals surface area contributed by atoms with Crippen molar-refractivity contribution in [1.82, 2.24) is 19.4 Å². The number of thioether (sulfide) groups is 1. The Morgan fingerprint density at radius 1 is 0.620 bits per heavy atom. The maximum absolute atomic E-state index is 15.6. The summed E-state index contributed by atoms with van der Waals surface area (Å²) in [5.41, 5.74) is -14.4. The van der Waals surface area contributed by atoms with Crippen LogP contribution in [0.3, 0.4) is 0 Å². The van der Waals surface area contributed by atoms with Crippen LogP contribution >= 0.6 is 11.8 Å². The number of likely N-dealkylation sites (N-methyl/N-ethyl adjacent to an activating group) is 1. The van der Waals surface area contributed by atoms with Crippen LogP contribution in [-0.4, -0.2) is 237 Å². The van der Waals surface area contributed by atoms with Crippen LogP contribution in [-0.2, 0) is 39.0 Å². The van der Waals surface area contributed by atoms with Crippen LogP contribution in [0.25, 0.3) is 11.1 Å². The molecule has 0 spiro atoms. The fourth-order valence-electron chi connectivity index (χ4n) is 8.63. The molecule has 3 aromatic carbocycles. The van der Waals surface area contributed by atoms with Gasteiger partial charge in [-0.05, 0) is 40.2 Å². The number of halogens is 4. The van der Waals surface area contributed by atoms with Crippen LogP contribution in [0.4, 0.5) is 17.6 Å². The Balaban J connectivity index is 1.87. The molecule has 1 heterocycles. The maximum atomic E-state index is 15.6. The van der Waals surface area contributed by atoms with Crippen molar-refractivity contribution in [2.24, 2.45) is 0 Å². The first-order valence-electron chi connectivity index (χ1n) is 20.4. The van der Waals surface area contributed by atoms with Crippen LogP contribution in [0.2, 0.25) is 5.21 Å². The number of aromatic nitrogens is 2. The largest absolute Gasteiger partial charge is 0.415 e. The van der Waals surface area contributed by atoms with Crippen molar-refractivity contribution in [1.29, 1.82) is 0 Å². The van der Waals surface area contributed by atoms with E-state index >= 15 is 4.79 Å². The van der Waals surface area contributed by atoms with E-state index in [2.05, 4.69) is 4.98 Å². The molecule has 0 saturated carbocycles. The molecule has 1 aromatic heterocycles. The molecular weight excluding hydrogens is 888 g/mol. The minimum Gasteiger partial charge on any atom is -0.360 e. The van der Waals surface area contributed by atoms with Gasteiger partial charge in [0.15, 0.2) is 5.16 Å². The summed E-state index contributed by atoms with van der Waals surface area (Å²) < 4.78 is 57.8. The number of benzene rings is 3. The van der Waals surface area contributed by atoms with Crippen molar-refractivity contribution in [2.45, 2.75) is 69.1 Å². The lowest BCUT2D eigenvalue weighted by Gasteiger charge is -2.62. The number of nitrogens with zero attached hydrogens (tertiary/aromatic N) is 4. The number of fused-ring (bicyclic) bond motifs is 1. The second kappa shape index (κ2) is 19.6. The van der Waals surface area contributed by atoms with Crippen molar-refractivity contribution < 1.29 is 22.4 Å². The molecule has 0 saturated heterocycles. The molecule has 296 valence electrons. The van der Waals surface area contributed by atoms with E-state index in [1.54, 1.807) is 13.8 Å². The number of rotatable bonds is 13. The molecule has 48 radical (unpaired) electrons. The minimum atomic E-state index is -5.14. The molecule has 0 fully saturated rings. The molecule has 0 unspecified atom stereocenters. The topological polar surface area (TPSA) is 58.4 Å². The Morgan fingerprint density at radius 2 is 1.03 bits per heavy atom. The van der Waals surface area contributed by atoms with Crippen LogP contribution in [0.15, 0.2) is 9.95 Å². The molecule has 1 aliphatic carbocycles. The van der Waals surface area contributed by atoms with Crippen molar-refractivity contribution in [2.75, 3.05) is 13.1 Å². The fraction of sp³-hybridized carbons (Fsp3) is 0.361. The molecule has 5 rings (SSSR count). The zero-order valence-electron chi connectivity index (χ0n) is 38.2. The van der Waals surface area contributed by atoms with Gasteiger partial charge in [-0.2, -0.15) is 18.2 Å². The summed E-state index contributed by atoms with van der Waals surface area (Å²) in [6.07, 6.45) is -5.14. The Morgan fingerprint density at radius 3 is 1.42 bits per heavy atom. The lowest BCUT2D eigenvalue weighted by Crippen LogP contribution is -2.78. The van der Waals surface area contributed by atoms with E-state index in [9.17, 15) is 22.4 Å².